The van der Waals surface area contributed by atoms with Crippen molar-refractivity contribution < 1.29 is 0 Å². The summed E-state index contributed by atoms with van der Waals surface area (Å²) < 4.78 is 2.24. The summed E-state index contributed by atoms with van der Waals surface area (Å²) in [5, 5.41) is 12.4. The number of nitrogens with one attached hydrogen (secondary N) is 1. The van der Waals surface area contributed by atoms with Crippen molar-refractivity contribution in [1.29, 1.82) is 0 Å². The predicted octanol–water partition coefficient (Wildman–Crippen LogP) is 4.43. The molecule has 5 rings (SSSR count). The Morgan fingerprint density at radius 3 is 2.85 bits per heavy atom. The van der Waals surface area contributed by atoms with Crippen LogP contribution < -0.4 is 5.56 Å². The number of benzene rings is 1. The lowest BCUT2D eigenvalue weighted by Crippen LogP contribution is -2.13. The molecule has 0 bridgehead atoms. The number of para-hydroxylation sites is 1. The van der Waals surface area contributed by atoms with Gasteiger partial charge in [-0.05, 0) is 43.3 Å². The summed E-state index contributed by atoms with van der Waals surface area (Å²) in [5.41, 5.74) is 0.609. The van der Waals surface area contributed by atoms with Crippen LogP contribution in [0.1, 0.15) is 36.9 Å². The third kappa shape index (κ3) is 3.08. The number of rotatable bonds is 5. The van der Waals surface area contributed by atoms with Gasteiger partial charge in [-0.3, -0.25) is 9.36 Å². The van der Waals surface area contributed by atoms with Gasteiger partial charge in [-0.2, -0.15) is 0 Å². The van der Waals surface area contributed by atoms with Crippen molar-refractivity contribution >= 4 is 34.0 Å². The van der Waals surface area contributed by atoms with Crippen LogP contribution in [0.25, 0.3) is 21.6 Å². The zero-order valence-corrected chi connectivity index (χ0v) is 16.3. The topological polar surface area (TPSA) is 76.5 Å². The Bertz CT molecular complexity index is 1160. The Morgan fingerprint density at radius 2 is 2.07 bits per heavy atom. The van der Waals surface area contributed by atoms with E-state index in [9.17, 15) is 4.79 Å². The average molecular weight is 396 g/mol. The van der Waals surface area contributed by atoms with Crippen LogP contribution in [-0.2, 0) is 0 Å². The lowest BCUT2D eigenvalue weighted by molar-refractivity contribution is 0.668. The zero-order valence-electron chi connectivity index (χ0n) is 14.6. The molecule has 0 saturated heterocycles. The van der Waals surface area contributed by atoms with Crippen LogP contribution in [0, 0.1) is 0 Å². The summed E-state index contributed by atoms with van der Waals surface area (Å²) in [6.07, 6.45) is 2.31. The number of fused-ring (bicyclic) bond motifs is 1. The number of thioether (sulfide) groups is 1. The van der Waals surface area contributed by atoms with Gasteiger partial charge in [-0.25, -0.2) is 4.98 Å². The molecule has 1 aromatic carbocycles. The number of nitrogens with zero attached hydrogens (tertiary/aromatic N) is 4. The normalized spacial score (nSPS) is 15.3. The van der Waals surface area contributed by atoms with Crippen molar-refractivity contribution in [3.8, 4) is 10.7 Å². The van der Waals surface area contributed by atoms with E-state index in [1.54, 1.807) is 29.2 Å². The van der Waals surface area contributed by atoms with Crippen molar-refractivity contribution in [3.63, 3.8) is 0 Å². The van der Waals surface area contributed by atoms with Gasteiger partial charge in [-0.15, -0.1) is 21.5 Å². The van der Waals surface area contributed by atoms with E-state index < -0.39 is 0 Å². The highest BCUT2D eigenvalue weighted by Crippen LogP contribution is 2.44. The fourth-order valence-electron chi connectivity index (χ4n) is 3.10. The molecule has 1 aliphatic carbocycles. The average Bonchev–Trinajstić information content (AvgIpc) is 3.20. The molecule has 1 N–H and O–H groups in total. The van der Waals surface area contributed by atoms with E-state index in [2.05, 4.69) is 36.2 Å². The van der Waals surface area contributed by atoms with Gasteiger partial charge in [0.1, 0.15) is 5.82 Å². The Morgan fingerprint density at radius 1 is 1.22 bits per heavy atom. The third-order valence-corrected chi connectivity index (χ3v) is 6.55. The van der Waals surface area contributed by atoms with E-state index in [4.69, 9.17) is 0 Å². The number of hydrogen-bond donors (Lipinski definition) is 1. The quantitative estimate of drug-likeness (QED) is 0.506. The molecule has 3 heterocycles. The molecule has 1 atom stereocenters. The summed E-state index contributed by atoms with van der Waals surface area (Å²) in [6.45, 7) is 2.04. The SMILES string of the molecule is C[C@@H](Sc1nnc(-c2cccs2)n1C1CC1)c1nc2ccccc2c(=O)[nH]1. The highest BCUT2D eigenvalue weighted by atomic mass is 32.2. The van der Waals surface area contributed by atoms with E-state index in [1.807, 2.05) is 31.2 Å². The summed E-state index contributed by atoms with van der Waals surface area (Å²) in [6, 6.07) is 12.0. The van der Waals surface area contributed by atoms with Gasteiger partial charge in [0, 0.05) is 6.04 Å². The number of H-pyrrole nitrogens is 1. The van der Waals surface area contributed by atoms with Gasteiger partial charge in [0.15, 0.2) is 11.0 Å². The molecule has 0 radical (unpaired) electrons. The molecule has 27 heavy (non-hydrogen) atoms. The molecule has 0 unspecified atom stereocenters. The lowest BCUT2D eigenvalue weighted by Gasteiger charge is -2.12. The maximum Gasteiger partial charge on any atom is 0.258 e. The van der Waals surface area contributed by atoms with E-state index in [0.29, 0.717) is 22.8 Å². The van der Waals surface area contributed by atoms with Gasteiger partial charge in [-0.1, -0.05) is 30.0 Å². The van der Waals surface area contributed by atoms with E-state index >= 15 is 0 Å². The van der Waals surface area contributed by atoms with Crippen molar-refractivity contribution in [2.24, 2.45) is 0 Å². The van der Waals surface area contributed by atoms with Gasteiger partial charge in [0.2, 0.25) is 0 Å². The van der Waals surface area contributed by atoms with Crippen LogP contribution in [0.15, 0.2) is 51.7 Å². The molecular formula is C19H17N5OS2. The molecule has 8 heteroatoms. The molecule has 4 aromatic rings. The Balaban J connectivity index is 1.50. The molecule has 0 spiro atoms. The summed E-state index contributed by atoms with van der Waals surface area (Å²) in [5.74, 6) is 1.59. The van der Waals surface area contributed by atoms with Crippen molar-refractivity contribution in [2.45, 2.75) is 36.2 Å². The van der Waals surface area contributed by atoms with Crippen molar-refractivity contribution in [1.82, 2.24) is 24.7 Å². The highest BCUT2D eigenvalue weighted by molar-refractivity contribution is 7.99. The summed E-state index contributed by atoms with van der Waals surface area (Å²) in [4.78, 5) is 21.1. The molecule has 3 aromatic heterocycles. The fourth-order valence-corrected chi connectivity index (χ4v) is 4.79. The first-order valence-corrected chi connectivity index (χ1v) is 10.6. The highest BCUT2D eigenvalue weighted by Gasteiger charge is 2.31. The van der Waals surface area contributed by atoms with Gasteiger partial charge >= 0.3 is 0 Å². The summed E-state index contributed by atoms with van der Waals surface area (Å²) >= 11 is 3.26. The third-order valence-electron chi connectivity index (χ3n) is 4.62. The largest absolute Gasteiger partial charge is 0.309 e. The fraction of sp³-hybridized carbons (Fsp3) is 0.263. The summed E-state index contributed by atoms with van der Waals surface area (Å²) in [7, 11) is 0. The molecule has 1 saturated carbocycles. The van der Waals surface area contributed by atoms with Crippen molar-refractivity contribution in [2.75, 3.05) is 0 Å². The minimum absolute atomic E-state index is 0.0415. The molecule has 0 amide bonds. The molecule has 1 fully saturated rings. The van der Waals surface area contributed by atoms with E-state index in [1.165, 1.54) is 0 Å². The Labute approximate surface area is 163 Å². The first-order valence-electron chi connectivity index (χ1n) is 8.85. The minimum Gasteiger partial charge on any atom is -0.309 e. The second kappa shape index (κ2) is 6.61. The molecule has 0 aliphatic heterocycles. The zero-order chi connectivity index (χ0) is 18.4. The molecule has 6 nitrogen and oxygen atoms in total. The lowest BCUT2D eigenvalue weighted by atomic mass is 10.2. The van der Waals surface area contributed by atoms with Gasteiger partial charge in [0.05, 0.1) is 21.0 Å². The van der Waals surface area contributed by atoms with Crippen LogP contribution in [0.3, 0.4) is 0 Å². The number of aromatic nitrogens is 5. The standard InChI is InChI=1S/C19H17N5OS2/c1-11(16-20-14-6-3-2-5-13(14)18(25)21-16)27-19-23-22-17(15-7-4-10-26-15)24(19)12-8-9-12/h2-7,10-12H,8-9H2,1H3,(H,20,21,25)/t11-/m1/s1. The minimum atomic E-state index is -0.106. The van der Waals surface area contributed by atoms with Gasteiger partial charge < -0.3 is 4.98 Å². The van der Waals surface area contributed by atoms with Crippen LogP contribution in [0.4, 0.5) is 0 Å². The second-order valence-electron chi connectivity index (χ2n) is 6.61. The first kappa shape index (κ1) is 16.7. The number of hydrogen-bond acceptors (Lipinski definition) is 6. The van der Waals surface area contributed by atoms with Crippen LogP contribution in [0.5, 0.6) is 0 Å². The van der Waals surface area contributed by atoms with Gasteiger partial charge in [0.25, 0.3) is 5.56 Å². The van der Waals surface area contributed by atoms with E-state index in [0.717, 1.165) is 28.7 Å². The number of aromatic amines is 1. The second-order valence-corrected chi connectivity index (χ2v) is 8.87. The molecule has 136 valence electrons. The maximum atomic E-state index is 12.4. The monoisotopic (exact) mass is 395 g/mol. The number of thiophene rings is 1. The van der Waals surface area contributed by atoms with Crippen LogP contribution in [0.2, 0.25) is 0 Å². The molecule has 1 aliphatic rings. The molecular weight excluding hydrogens is 378 g/mol. The smallest absolute Gasteiger partial charge is 0.258 e. The van der Waals surface area contributed by atoms with Crippen LogP contribution in [-0.4, -0.2) is 24.7 Å². The Kier molecular flexibility index (Phi) is 4.09. The Hall–Kier alpha value is -2.45. The van der Waals surface area contributed by atoms with Crippen LogP contribution >= 0.6 is 23.1 Å². The predicted molar refractivity (Wildman–Crippen MR) is 108 cm³/mol. The van der Waals surface area contributed by atoms with Crippen molar-refractivity contribution in [3.05, 3.63) is 58.0 Å². The van der Waals surface area contributed by atoms with E-state index in [-0.39, 0.29) is 10.8 Å². The maximum absolute atomic E-state index is 12.4. The first-order chi connectivity index (χ1) is 13.2.